The molecule has 10 nitrogen and oxygen atoms in total. The SMILES string of the molecule is COCCOc1cc(F)c2c(c1)CC[C@H]2Nc1nc2nc(O[C@@H]3CO[C@H]4[C@@H]3OC[C@H]4O)[nH]c2cc1Cl. The molecule has 0 spiro atoms. The molecule has 12 heteroatoms. The van der Waals surface area contributed by atoms with Crippen LogP contribution in [0.3, 0.4) is 0 Å². The van der Waals surface area contributed by atoms with E-state index in [0.29, 0.717) is 59.4 Å². The van der Waals surface area contributed by atoms with Gasteiger partial charge in [-0.05, 0) is 30.5 Å². The van der Waals surface area contributed by atoms with Crippen molar-refractivity contribution in [2.75, 3.05) is 38.9 Å². The number of aliphatic hydroxyl groups is 1. The fourth-order valence-electron chi connectivity index (χ4n) is 5.07. The zero-order valence-electron chi connectivity index (χ0n) is 19.5. The maximum Gasteiger partial charge on any atom is 0.296 e. The molecule has 0 unspecified atom stereocenters. The van der Waals surface area contributed by atoms with Gasteiger partial charge >= 0.3 is 0 Å². The van der Waals surface area contributed by atoms with E-state index < -0.39 is 18.3 Å². The van der Waals surface area contributed by atoms with Crippen LogP contribution in [0.2, 0.25) is 5.02 Å². The smallest absolute Gasteiger partial charge is 0.296 e. The summed E-state index contributed by atoms with van der Waals surface area (Å²) in [7, 11) is 1.59. The van der Waals surface area contributed by atoms with Crippen LogP contribution >= 0.6 is 11.6 Å². The molecule has 1 aromatic carbocycles. The van der Waals surface area contributed by atoms with Gasteiger partial charge in [0, 0.05) is 18.7 Å². The van der Waals surface area contributed by atoms with E-state index in [2.05, 4.69) is 20.3 Å². The molecule has 3 aliphatic rings. The number of anilines is 1. The van der Waals surface area contributed by atoms with E-state index in [-0.39, 0.29) is 37.2 Å². The molecule has 192 valence electrons. The minimum Gasteiger partial charge on any atom is -0.491 e. The van der Waals surface area contributed by atoms with E-state index in [1.165, 1.54) is 6.07 Å². The van der Waals surface area contributed by atoms with Crippen LogP contribution in [0, 0.1) is 5.82 Å². The normalized spacial score (nSPS) is 26.8. The average Bonchev–Trinajstić information content (AvgIpc) is 3.61. The lowest BCUT2D eigenvalue weighted by Crippen LogP contribution is -2.34. The number of benzene rings is 1. The van der Waals surface area contributed by atoms with Crippen molar-refractivity contribution in [2.45, 2.75) is 43.3 Å². The van der Waals surface area contributed by atoms with Gasteiger partial charge in [0.15, 0.2) is 11.8 Å². The molecular weight excluding hydrogens is 495 g/mol. The number of aliphatic hydroxyl groups excluding tert-OH is 1. The number of rotatable bonds is 8. The van der Waals surface area contributed by atoms with Gasteiger partial charge in [-0.2, -0.15) is 4.98 Å². The number of pyridine rings is 1. The Morgan fingerprint density at radius 3 is 2.92 bits per heavy atom. The lowest BCUT2D eigenvalue weighted by atomic mass is 10.1. The summed E-state index contributed by atoms with van der Waals surface area (Å²) in [6.07, 6.45) is -0.422. The number of halogens is 2. The Bertz CT molecular complexity index is 1280. The second-order valence-corrected chi connectivity index (χ2v) is 9.51. The number of ether oxygens (including phenoxy) is 5. The summed E-state index contributed by atoms with van der Waals surface area (Å²) in [4.78, 5) is 12.0. The van der Waals surface area contributed by atoms with E-state index >= 15 is 4.39 Å². The number of aryl methyl sites for hydroxylation is 1. The molecule has 1 aliphatic carbocycles. The van der Waals surface area contributed by atoms with Gasteiger partial charge in [0.1, 0.15) is 42.3 Å². The molecule has 0 saturated carbocycles. The zero-order chi connectivity index (χ0) is 24.8. The summed E-state index contributed by atoms with van der Waals surface area (Å²) < 4.78 is 42.7. The number of H-pyrrole nitrogens is 1. The number of methoxy groups -OCH3 is 1. The monoisotopic (exact) mass is 520 g/mol. The van der Waals surface area contributed by atoms with Crippen LogP contribution in [-0.2, 0) is 20.6 Å². The summed E-state index contributed by atoms with van der Waals surface area (Å²) in [5, 5.41) is 13.6. The molecule has 6 rings (SSSR count). The van der Waals surface area contributed by atoms with Crippen molar-refractivity contribution in [1.29, 1.82) is 0 Å². The van der Waals surface area contributed by atoms with Crippen molar-refractivity contribution in [1.82, 2.24) is 15.0 Å². The first-order chi connectivity index (χ1) is 17.5. The van der Waals surface area contributed by atoms with Crippen molar-refractivity contribution in [3.05, 3.63) is 40.2 Å². The highest BCUT2D eigenvalue weighted by Crippen LogP contribution is 2.39. The Balaban J connectivity index is 1.18. The van der Waals surface area contributed by atoms with Crippen LogP contribution in [0.1, 0.15) is 23.6 Å². The van der Waals surface area contributed by atoms with E-state index in [1.807, 2.05) is 6.07 Å². The predicted molar refractivity (Wildman–Crippen MR) is 127 cm³/mol. The van der Waals surface area contributed by atoms with Gasteiger partial charge in [-0.15, -0.1) is 0 Å². The van der Waals surface area contributed by atoms with Crippen molar-refractivity contribution < 1.29 is 33.2 Å². The topological polar surface area (TPSA) is 120 Å². The summed E-state index contributed by atoms with van der Waals surface area (Å²) in [6, 6.07) is 4.94. The van der Waals surface area contributed by atoms with Gasteiger partial charge in [-0.1, -0.05) is 11.6 Å². The van der Waals surface area contributed by atoms with Gasteiger partial charge in [0.25, 0.3) is 6.01 Å². The highest BCUT2D eigenvalue weighted by atomic mass is 35.5. The third-order valence-electron chi connectivity index (χ3n) is 6.76. The standard InChI is InChI=1S/C24H26ClFN4O6/c1-32-4-5-33-12-6-11-2-3-15(19(11)14(26)7-12)27-22-13(25)8-16-23(29-22)30-24(28-16)36-18-10-35-20-17(31)9-34-21(18)20/h6-8,15,17-18,20-21,31H,2-5,9-10H2,1H3,(H2,27,28,29,30)/t15-,17-,18-,20-,21-/m1/s1. The third kappa shape index (κ3) is 4.35. The summed E-state index contributed by atoms with van der Waals surface area (Å²) >= 11 is 6.51. The summed E-state index contributed by atoms with van der Waals surface area (Å²) in [6.45, 7) is 1.29. The lowest BCUT2D eigenvalue weighted by Gasteiger charge is -2.17. The summed E-state index contributed by atoms with van der Waals surface area (Å²) in [5.74, 6) is 0.562. The van der Waals surface area contributed by atoms with Gasteiger partial charge < -0.3 is 39.1 Å². The molecular formula is C24H26ClFN4O6. The Morgan fingerprint density at radius 2 is 2.06 bits per heavy atom. The summed E-state index contributed by atoms with van der Waals surface area (Å²) in [5.41, 5.74) is 2.48. The van der Waals surface area contributed by atoms with Crippen LogP contribution in [0.25, 0.3) is 11.2 Å². The highest BCUT2D eigenvalue weighted by Gasteiger charge is 2.48. The Labute approximate surface area is 211 Å². The maximum absolute atomic E-state index is 15.0. The molecule has 0 bridgehead atoms. The number of imidazole rings is 1. The van der Waals surface area contributed by atoms with Gasteiger partial charge in [-0.3, -0.25) is 0 Å². The minimum atomic E-state index is -0.659. The molecule has 4 heterocycles. The molecule has 0 amide bonds. The first kappa shape index (κ1) is 23.7. The van der Waals surface area contributed by atoms with Crippen LogP contribution in [-0.4, -0.2) is 78.0 Å². The van der Waals surface area contributed by atoms with Crippen molar-refractivity contribution >= 4 is 28.6 Å². The third-order valence-corrected chi connectivity index (χ3v) is 7.04. The number of nitrogens with zero attached hydrogens (tertiary/aromatic N) is 2. The van der Waals surface area contributed by atoms with Gasteiger partial charge in [-0.25, -0.2) is 9.37 Å². The molecule has 3 N–H and O–H groups in total. The molecule has 2 aromatic heterocycles. The fraction of sp³-hybridized carbons (Fsp3) is 0.500. The second kappa shape index (κ2) is 9.64. The Kier molecular flexibility index (Phi) is 6.34. The zero-order valence-corrected chi connectivity index (χ0v) is 20.3. The maximum atomic E-state index is 15.0. The molecule has 0 radical (unpaired) electrons. The second-order valence-electron chi connectivity index (χ2n) is 9.11. The van der Waals surface area contributed by atoms with Crippen LogP contribution < -0.4 is 14.8 Å². The predicted octanol–water partition coefficient (Wildman–Crippen LogP) is 2.78. The quantitative estimate of drug-likeness (QED) is 0.385. The number of nitrogens with one attached hydrogen (secondary N) is 2. The van der Waals surface area contributed by atoms with Crippen LogP contribution in [0.4, 0.5) is 10.2 Å². The first-order valence-corrected chi connectivity index (χ1v) is 12.2. The molecule has 5 atom stereocenters. The molecule has 2 saturated heterocycles. The minimum absolute atomic E-state index is 0.217. The van der Waals surface area contributed by atoms with E-state index in [0.717, 1.165) is 5.56 Å². The number of aromatic amines is 1. The lowest BCUT2D eigenvalue weighted by molar-refractivity contribution is 0.00706. The number of fused-ring (bicyclic) bond motifs is 3. The van der Waals surface area contributed by atoms with Crippen molar-refractivity contribution in [2.24, 2.45) is 0 Å². The molecule has 36 heavy (non-hydrogen) atoms. The van der Waals surface area contributed by atoms with E-state index in [4.69, 9.17) is 35.3 Å². The largest absolute Gasteiger partial charge is 0.491 e. The van der Waals surface area contributed by atoms with Crippen LogP contribution in [0.5, 0.6) is 11.8 Å². The molecule has 3 aromatic rings. The first-order valence-electron chi connectivity index (χ1n) is 11.8. The number of aromatic nitrogens is 3. The Hall–Kier alpha value is -2.70. The van der Waals surface area contributed by atoms with Gasteiger partial charge in [0.2, 0.25) is 0 Å². The highest BCUT2D eigenvalue weighted by molar-refractivity contribution is 6.33. The van der Waals surface area contributed by atoms with Gasteiger partial charge in [0.05, 0.1) is 36.4 Å². The van der Waals surface area contributed by atoms with E-state index in [9.17, 15) is 5.11 Å². The van der Waals surface area contributed by atoms with Crippen molar-refractivity contribution in [3.8, 4) is 11.8 Å². The Morgan fingerprint density at radius 1 is 1.19 bits per heavy atom. The average molecular weight is 521 g/mol. The van der Waals surface area contributed by atoms with Crippen molar-refractivity contribution in [3.63, 3.8) is 0 Å². The fourth-order valence-corrected chi connectivity index (χ4v) is 5.27. The van der Waals surface area contributed by atoms with E-state index in [1.54, 1.807) is 13.2 Å². The molecule has 2 fully saturated rings. The van der Waals surface area contributed by atoms with Crippen LogP contribution in [0.15, 0.2) is 18.2 Å². The number of hydrogen-bond donors (Lipinski definition) is 3. The molecule has 2 aliphatic heterocycles. The number of hydrogen-bond acceptors (Lipinski definition) is 9.